The molecule has 0 fully saturated rings. The monoisotopic (exact) mass is 353 g/mol. The van der Waals surface area contributed by atoms with Crippen LogP contribution in [0.2, 0.25) is 0 Å². The number of hydrogen-bond acceptors (Lipinski definition) is 2. The third-order valence-electron chi connectivity index (χ3n) is 2.94. The summed E-state index contributed by atoms with van der Waals surface area (Å²) in [6.45, 7) is 2.34. The van der Waals surface area contributed by atoms with E-state index in [2.05, 4.69) is 15.9 Å². The van der Waals surface area contributed by atoms with Crippen molar-refractivity contribution in [2.75, 3.05) is 10.6 Å². The minimum Gasteiger partial charge on any atom is -0.266 e. The lowest BCUT2D eigenvalue weighted by Gasteiger charge is -2.22. The maximum absolute atomic E-state index is 12.0. The molecule has 0 heterocycles. The Hall–Kier alpha value is -1.33. The summed E-state index contributed by atoms with van der Waals surface area (Å²) in [6, 6.07) is 15.2. The van der Waals surface area contributed by atoms with E-state index in [9.17, 15) is 8.42 Å². The molecule has 0 spiro atoms. The second kappa shape index (κ2) is 5.97. The van der Waals surface area contributed by atoms with E-state index in [-0.39, 0.29) is 0 Å². The number of hydrogen-bond donors (Lipinski definition) is 0. The molecule has 0 saturated carbocycles. The molecule has 0 aromatic heterocycles. The Morgan fingerprint density at radius 1 is 1.10 bits per heavy atom. The van der Waals surface area contributed by atoms with Gasteiger partial charge in [0.05, 0.1) is 18.5 Å². The zero-order valence-electron chi connectivity index (χ0n) is 11.4. The van der Waals surface area contributed by atoms with Crippen LogP contribution in [0.4, 0.5) is 5.69 Å². The van der Waals surface area contributed by atoms with Crippen LogP contribution in [0.25, 0.3) is 0 Å². The molecule has 0 amide bonds. The molecule has 5 heteroatoms. The van der Waals surface area contributed by atoms with Crippen LogP contribution < -0.4 is 4.31 Å². The van der Waals surface area contributed by atoms with Gasteiger partial charge >= 0.3 is 0 Å². The fourth-order valence-corrected chi connectivity index (χ4v) is 3.16. The van der Waals surface area contributed by atoms with E-state index in [0.717, 1.165) is 15.6 Å². The van der Waals surface area contributed by atoms with Crippen LogP contribution in [0.1, 0.15) is 11.1 Å². The predicted octanol–water partition coefficient (Wildman–Crippen LogP) is 3.72. The van der Waals surface area contributed by atoms with Crippen molar-refractivity contribution in [3.8, 4) is 0 Å². The van der Waals surface area contributed by atoms with Crippen molar-refractivity contribution >= 4 is 31.6 Å². The maximum Gasteiger partial charge on any atom is 0.232 e. The van der Waals surface area contributed by atoms with Gasteiger partial charge in [0.25, 0.3) is 0 Å². The average molecular weight is 354 g/mol. The van der Waals surface area contributed by atoms with E-state index in [1.165, 1.54) is 10.6 Å². The van der Waals surface area contributed by atoms with Gasteiger partial charge in [-0.05, 0) is 30.7 Å². The molecule has 20 heavy (non-hydrogen) atoms. The number of benzene rings is 2. The molecule has 3 nitrogen and oxygen atoms in total. The van der Waals surface area contributed by atoms with Gasteiger partial charge in [0, 0.05) is 4.47 Å². The van der Waals surface area contributed by atoms with E-state index in [4.69, 9.17) is 0 Å². The van der Waals surface area contributed by atoms with E-state index in [1.807, 2.05) is 43.3 Å². The number of nitrogens with zero attached hydrogens (tertiary/aromatic N) is 1. The van der Waals surface area contributed by atoms with Gasteiger partial charge in [-0.25, -0.2) is 8.42 Å². The highest BCUT2D eigenvalue weighted by Crippen LogP contribution is 2.24. The minimum atomic E-state index is -3.33. The van der Waals surface area contributed by atoms with Crippen molar-refractivity contribution in [2.24, 2.45) is 0 Å². The van der Waals surface area contributed by atoms with Crippen molar-refractivity contribution in [1.29, 1.82) is 0 Å². The zero-order valence-corrected chi connectivity index (χ0v) is 13.8. The third-order valence-corrected chi connectivity index (χ3v) is 4.58. The minimum absolute atomic E-state index is 0.329. The summed E-state index contributed by atoms with van der Waals surface area (Å²) < 4.78 is 26.3. The summed E-state index contributed by atoms with van der Waals surface area (Å²) in [4.78, 5) is 0. The largest absolute Gasteiger partial charge is 0.266 e. The number of aryl methyl sites for hydroxylation is 1. The first-order valence-electron chi connectivity index (χ1n) is 6.15. The van der Waals surface area contributed by atoms with Crippen LogP contribution in [0.15, 0.2) is 53.0 Å². The fraction of sp³-hybridized carbons (Fsp3) is 0.200. The topological polar surface area (TPSA) is 37.4 Å². The maximum atomic E-state index is 12.0. The Kier molecular flexibility index (Phi) is 4.50. The molecule has 2 aromatic rings. The highest BCUT2D eigenvalue weighted by molar-refractivity contribution is 9.10. The molecule has 0 N–H and O–H groups in total. The molecule has 106 valence electrons. The van der Waals surface area contributed by atoms with Crippen molar-refractivity contribution in [1.82, 2.24) is 0 Å². The summed E-state index contributed by atoms with van der Waals surface area (Å²) in [6.07, 6.45) is 1.22. The molecule has 2 rings (SSSR count). The normalized spacial score (nSPS) is 11.3. The number of anilines is 1. The number of rotatable bonds is 4. The Morgan fingerprint density at radius 3 is 2.30 bits per heavy atom. The standard InChI is InChI=1S/C15H16BrNO2S/c1-12-6-8-13(9-7-12)11-17(20(2,18)19)15-5-3-4-14(16)10-15/h3-10H,11H2,1-2H3. The van der Waals surface area contributed by atoms with Gasteiger partial charge in [0.1, 0.15) is 0 Å². The molecule has 0 saturated heterocycles. The van der Waals surface area contributed by atoms with Gasteiger partial charge in [0.2, 0.25) is 10.0 Å². The first-order valence-corrected chi connectivity index (χ1v) is 8.79. The highest BCUT2D eigenvalue weighted by Gasteiger charge is 2.17. The summed E-state index contributed by atoms with van der Waals surface area (Å²) in [5.74, 6) is 0. The van der Waals surface area contributed by atoms with E-state index in [1.54, 1.807) is 12.1 Å². The molecular formula is C15H16BrNO2S. The van der Waals surface area contributed by atoms with Gasteiger partial charge in [-0.3, -0.25) is 4.31 Å². The van der Waals surface area contributed by atoms with E-state index in [0.29, 0.717) is 12.2 Å². The molecule has 0 aliphatic carbocycles. The van der Waals surface area contributed by atoms with Crippen LogP contribution in [0, 0.1) is 6.92 Å². The Morgan fingerprint density at radius 2 is 1.75 bits per heavy atom. The smallest absolute Gasteiger partial charge is 0.232 e. The van der Waals surface area contributed by atoms with Crippen LogP contribution in [-0.2, 0) is 16.6 Å². The van der Waals surface area contributed by atoms with Crippen LogP contribution >= 0.6 is 15.9 Å². The quantitative estimate of drug-likeness (QED) is 0.839. The Bertz CT molecular complexity index is 696. The molecule has 0 radical (unpaired) electrons. The zero-order chi connectivity index (χ0) is 14.8. The second-order valence-corrected chi connectivity index (χ2v) is 7.56. The SMILES string of the molecule is Cc1ccc(CN(c2cccc(Br)c2)S(C)(=O)=O)cc1. The van der Waals surface area contributed by atoms with Crippen molar-refractivity contribution in [3.05, 3.63) is 64.1 Å². The van der Waals surface area contributed by atoms with E-state index < -0.39 is 10.0 Å². The van der Waals surface area contributed by atoms with Gasteiger partial charge in [0.15, 0.2) is 0 Å². The van der Waals surface area contributed by atoms with Crippen LogP contribution in [0.5, 0.6) is 0 Å². The predicted molar refractivity (Wildman–Crippen MR) is 86.3 cm³/mol. The summed E-state index contributed by atoms with van der Waals surface area (Å²) in [7, 11) is -3.33. The molecular weight excluding hydrogens is 338 g/mol. The van der Waals surface area contributed by atoms with Gasteiger partial charge in [-0.2, -0.15) is 0 Å². The van der Waals surface area contributed by atoms with Crippen molar-refractivity contribution < 1.29 is 8.42 Å². The molecule has 0 bridgehead atoms. The number of sulfonamides is 1. The molecule has 0 aliphatic heterocycles. The first-order chi connectivity index (χ1) is 9.36. The van der Waals surface area contributed by atoms with Crippen LogP contribution in [-0.4, -0.2) is 14.7 Å². The van der Waals surface area contributed by atoms with E-state index >= 15 is 0 Å². The lowest BCUT2D eigenvalue weighted by Crippen LogP contribution is -2.29. The summed E-state index contributed by atoms with van der Waals surface area (Å²) in [5, 5.41) is 0. The second-order valence-electron chi connectivity index (χ2n) is 4.74. The number of halogens is 1. The third kappa shape index (κ3) is 3.84. The Balaban J connectivity index is 2.37. The first kappa shape index (κ1) is 15.1. The average Bonchev–Trinajstić information content (AvgIpc) is 2.36. The van der Waals surface area contributed by atoms with Gasteiger partial charge in [-0.1, -0.05) is 51.8 Å². The summed E-state index contributed by atoms with van der Waals surface area (Å²) >= 11 is 3.37. The summed E-state index contributed by atoms with van der Waals surface area (Å²) in [5.41, 5.74) is 2.77. The fourth-order valence-electron chi connectivity index (χ4n) is 1.89. The molecule has 2 aromatic carbocycles. The van der Waals surface area contributed by atoms with Gasteiger partial charge in [-0.15, -0.1) is 0 Å². The molecule has 0 aliphatic rings. The Labute approximate surface area is 128 Å². The molecule has 0 unspecified atom stereocenters. The van der Waals surface area contributed by atoms with Crippen molar-refractivity contribution in [2.45, 2.75) is 13.5 Å². The lowest BCUT2D eigenvalue weighted by molar-refractivity contribution is 0.596. The highest BCUT2D eigenvalue weighted by atomic mass is 79.9. The van der Waals surface area contributed by atoms with Crippen LogP contribution in [0.3, 0.4) is 0 Å². The van der Waals surface area contributed by atoms with Crippen molar-refractivity contribution in [3.63, 3.8) is 0 Å². The van der Waals surface area contributed by atoms with Gasteiger partial charge < -0.3 is 0 Å². The molecule has 0 atom stereocenters. The lowest BCUT2D eigenvalue weighted by atomic mass is 10.1.